The van der Waals surface area contributed by atoms with Gasteiger partial charge in [-0.1, -0.05) is 103 Å². The number of hydrogen-bond acceptors (Lipinski definition) is 19. The summed E-state index contributed by atoms with van der Waals surface area (Å²) in [6.07, 6.45) is 10.6. The molecule has 0 radical (unpaired) electrons. The smallest absolute Gasteiger partial charge is 0.488 e. The molecule has 12 aromatic rings. The Hall–Kier alpha value is -11.7. The van der Waals surface area contributed by atoms with Crippen molar-refractivity contribution in [3.8, 4) is 51.0 Å². The molecule has 3 amide bonds. The van der Waals surface area contributed by atoms with Crippen molar-refractivity contribution < 1.29 is 94.3 Å². The molecule has 23 nitrogen and oxygen atoms in total. The number of anilines is 5. The van der Waals surface area contributed by atoms with Crippen LogP contribution in [0.15, 0.2) is 177 Å². The van der Waals surface area contributed by atoms with Crippen LogP contribution < -0.4 is 34.8 Å². The minimum absolute atomic E-state index is 0.0307. The van der Waals surface area contributed by atoms with Crippen molar-refractivity contribution in [2.75, 3.05) is 29.3 Å². The molecule has 0 saturated heterocycles. The van der Waals surface area contributed by atoms with Gasteiger partial charge in [0.15, 0.2) is 0 Å². The summed E-state index contributed by atoms with van der Waals surface area (Å²) in [5, 5.41) is 45.7. The maximum Gasteiger partial charge on any atom is 0.488 e. The number of amides is 3. The zero-order valence-corrected chi connectivity index (χ0v) is 70.7. The first-order valence-electron chi connectivity index (χ1n) is 40.0. The Labute approximate surface area is 741 Å². The van der Waals surface area contributed by atoms with Gasteiger partial charge in [0, 0.05) is 40.1 Å². The number of nitrogens with zero attached hydrogens (tertiary/aromatic N) is 5. The molecule has 0 unspecified atom stereocenters. The van der Waals surface area contributed by atoms with Gasteiger partial charge in [0.1, 0.15) is 88.9 Å². The number of aromatic carboxylic acids is 1. The number of methoxy groups -OCH3 is 2. The molecule has 3 aromatic heterocycles. The van der Waals surface area contributed by atoms with Gasteiger partial charge < -0.3 is 57.7 Å². The predicted octanol–water partition coefficient (Wildman–Crippen LogP) is 20.8. The molecule has 21 rings (SSSR count). The fourth-order valence-electron chi connectivity index (χ4n) is 16.5. The molecule has 9 aliphatic rings. The SMILES string of the molecule is COC(=O)c1cc(F)cc(B(O)O)c1.COC(=O)c1cc(F)cc(N2C(=O)C3(CC3)c3cc(OCc4c(-c5c(Cl)cccc5Cl)noc4C4CC4)ccc32)c1.O=C(O)c1cc(F)cc(N2C(=O)C3(CC3)c3cc(OCc4c(-c5c(Cl)cccc5Cl)noc4C4CC4)ccc32)c1.O=C1Nc2ccc(OCc3c(-c4c(Cl)cccc4Cl)noc3C3CC3)cc2C12CC2. The fraction of sp³-hybridized carbons (Fsp3) is 0.250. The van der Waals surface area contributed by atoms with Gasteiger partial charge in [-0.25, -0.2) is 27.6 Å². The molecule has 6 aliphatic carbocycles. The number of hydrogen-bond donors (Lipinski definition) is 4. The van der Waals surface area contributed by atoms with Crippen LogP contribution in [0.1, 0.15) is 177 Å². The van der Waals surface area contributed by atoms with Crippen LogP contribution in [0.5, 0.6) is 17.2 Å². The molecule has 0 bridgehead atoms. The molecule has 3 aliphatic heterocycles. The van der Waals surface area contributed by atoms with E-state index in [4.69, 9.17) is 112 Å². The van der Waals surface area contributed by atoms with Crippen LogP contribution in [0, 0.1) is 17.5 Å². The number of aromatic nitrogens is 3. The Morgan fingerprint density at radius 1 is 0.456 bits per heavy atom. The summed E-state index contributed by atoms with van der Waals surface area (Å²) < 4.78 is 86.6. The van der Waals surface area contributed by atoms with Gasteiger partial charge in [0.05, 0.1) is 117 Å². The van der Waals surface area contributed by atoms with Gasteiger partial charge in [-0.3, -0.25) is 24.2 Å². The van der Waals surface area contributed by atoms with Gasteiger partial charge in [0.2, 0.25) is 17.7 Å². The number of esters is 2. The summed E-state index contributed by atoms with van der Waals surface area (Å²) in [4.78, 5) is 77.0. The van der Waals surface area contributed by atoms with Crippen molar-refractivity contribution in [3.05, 3.63) is 279 Å². The van der Waals surface area contributed by atoms with Gasteiger partial charge in [0.25, 0.3) is 0 Å². The van der Waals surface area contributed by atoms with Crippen LogP contribution in [0.2, 0.25) is 30.1 Å². The van der Waals surface area contributed by atoms with Crippen LogP contribution in [0.3, 0.4) is 0 Å². The maximum atomic E-state index is 14.5. The summed E-state index contributed by atoms with van der Waals surface area (Å²) in [5.41, 5.74) is 9.08. The van der Waals surface area contributed by atoms with Gasteiger partial charge >= 0.3 is 25.0 Å². The quantitative estimate of drug-likeness (QED) is 0.0384. The highest BCUT2D eigenvalue weighted by Gasteiger charge is 2.62. The Morgan fingerprint density at radius 2 is 0.800 bits per heavy atom. The van der Waals surface area contributed by atoms with Crippen molar-refractivity contribution in [1.29, 1.82) is 0 Å². The molecule has 125 heavy (non-hydrogen) atoms. The van der Waals surface area contributed by atoms with Gasteiger partial charge in [-0.2, -0.15) is 0 Å². The number of carboxylic acid groups (broad SMARTS) is 1. The van der Waals surface area contributed by atoms with Crippen LogP contribution in [-0.4, -0.2) is 87.6 Å². The molecule has 33 heteroatoms. The van der Waals surface area contributed by atoms with E-state index in [0.717, 1.165) is 151 Å². The average Bonchev–Trinajstić information content (AvgIpc) is 1.54. The summed E-state index contributed by atoms with van der Waals surface area (Å²) in [5.74, 6) is 0.0810. The first-order chi connectivity index (χ1) is 60.2. The third kappa shape index (κ3) is 16.1. The van der Waals surface area contributed by atoms with Crippen LogP contribution in [-0.2, 0) is 59.9 Å². The van der Waals surface area contributed by atoms with Crippen molar-refractivity contribution in [2.45, 2.75) is 131 Å². The third-order valence-corrected chi connectivity index (χ3v) is 25.6. The van der Waals surface area contributed by atoms with Crippen LogP contribution >= 0.6 is 69.6 Å². The number of nitrogens with one attached hydrogen (secondary N) is 1. The molecule has 3 spiro atoms. The number of carbonyl (C=O) groups is 6. The van der Waals surface area contributed by atoms with Crippen LogP contribution in [0.25, 0.3) is 33.8 Å². The average molecular weight is 1810 g/mol. The lowest BCUT2D eigenvalue weighted by molar-refractivity contribution is -0.120. The fourth-order valence-corrected chi connectivity index (χ4v) is 18.2. The minimum Gasteiger partial charge on any atom is -0.489 e. The largest absolute Gasteiger partial charge is 0.489 e. The number of ether oxygens (including phenoxy) is 5. The highest BCUT2D eigenvalue weighted by molar-refractivity contribution is 6.58. The molecule has 9 aromatic carbocycles. The van der Waals surface area contributed by atoms with E-state index < -0.39 is 53.3 Å². The number of carboxylic acids is 1. The molecular formula is C92H70BCl6F3N6O17. The van der Waals surface area contributed by atoms with Crippen molar-refractivity contribution >= 4 is 146 Å². The van der Waals surface area contributed by atoms with E-state index in [0.29, 0.717) is 125 Å². The molecule has 6 fully saturated rings. The number of benzene rings is 9. The Balaban J connectivity index is 0.000000119. The molecular weight excluding hydrogens is 1740 g/mol. The molecule has 0 atom stereocenters. The lowest BCUT2D eigenvalue weighted by atomic mass is 9.79. The summed E-state index contributed by atoms with van der Waals surface area (Å²) >= 11 is 38.8. The van der Waals surface area contributed by atoms with Gasteiger partial charge in [-0.15, -0.1) is 0 Å². The first kappa shape index (κ1) is 84.2. The first-order valence-corrected chi connectivity index (χ1v) is 42.2. The highest BCUT2D eigenvalue weighted by Crippen LogP contribution is 2.63. The lowest BCUT2D eigenvalue weighted by Crippen LogP contribution is -2.31. The Kier molecular flexibility index (Phi) is 22.5. The number of halogens is 9. The topological polar surface area (TPSA) is 306 Å². The van der Waals surface area contributed by atoms with E-state index in [1.54, 1.807) is 78.9 Å². The molecule has 6 saturated carbocycles. The van der Waals surface area contributed by atoms with Gasteiger partial charge in [-0.05, 0) is 245 Å². The molecule has 4 N–H and O–H groups in total. The monoisotopic (exact) mass is 1810 g/mol. The van der Waals surface area contributed by atoms with Crippen molar-refractivity contribution in [1.82, 2.24) is 15.5 Å². The standard InChI is InChI=1S/C31H23Cl2FN2O5.C30H21Cl2FN2O5.C23H18Cl2N2O3.C8H8BFO4/c1-39-29(37)17-11-18(34)13-19(12-17)36-25-8-7-20(14-22(25)31(9-10-31)30(36)38)40-15-21-27(35-41-28(21)16-5-6-16)26-23(32)3-2-4-24(26)33;31-22-2-1-3-23(32)25(22)26-20(27(40-34-26)15-4-5-15)14-39-19-6-7-24-21(13-19)30(8-9-30)29(38)35(24)18-11-16(28(36)37)10-17(33)12-18;24-16-2-1-3-17(25)19(16)20-14(21(30-27-20)12-4-5-12)11-29-13-6-7-18-15(10-13)23(8-9-23)22(28)26-18;1-14-8(11)5-2-6(9(12)13)4-7(10)3-5/h2-4,7-8,11-14,16H,5-6,9-10,15H2,1H3;1-3,6-7,10-13,15H,4-5,8-9,14H2,(H,36,37);1-3,6-7,10,12H,4-5,8-9,11H2,(H,26,28);2-4,12-13H,1H3. The predicted molar refractivity (Wildman–Crippen MR) is 458 cm³/mol. The van der Waals surface area contributed by atoms with Crippen LogP contribution in [0.4, 0.5) is 41.6 Å². The Bertz CT molecular complexity index is 6400. The zero-order valence-electron chi connectivity index (χ0n) is 66.2. The minimum atomic E-state index is -1.81. The van der Waals surface area contributed by atoms with E-state index in [-0.39, 0.29) is 81.7 Å². The Morgan fingerprint density at radius 3 is 1.15 bits per heavy atom. The number of fused-ring (bicyclic) bond motifs is 6. The third-order valence-electron chi connectivity index (χ3n) is 23.8. The van der Waals surface area contributed by atoms with E-state index in [1.165, 1.54) is 41.2 Å². The van der Waals surface area contributed by atoms with Crippen molar-refractivity contribution in [2.24, 2.45) is 0 Å². The van der Waals surface area contributed by atoms with E-state index in [2.05, 4.69) is 25.5 Å². The molecule has 636 valence electrons. The van der Waals surface area contributed by atoms with E-state index in [1.807, 2.05) is 30.3 Å². The normalized spacial score (nSPS) is 16.4. The second-order valence-corrected chi connectivity index (χ2v) is 34.4. The molecule has 6 heterocycles. The second-order valence-electron chi connectivity index (χ2n) is 32.0. The highest BCUT2D eigenvalue weighted by atomic mass is 35.5. The zero-order chi connectivity index (χ0) is 87.4. The second kappa shape index (κ2) is 33.4. The lowest BCUT2D eigenvalue weighted by Gasteiger charge is -2.19. The number of rotatable bonds is 21. The summed E-state index contributed by atoms with van der Waals surface area (Å²) in [6.45, 7) is 0.614. The summed E-state index contributed by atoms with van der Waals surface area (Å²) in [6, 6.07) is 42.7. The summed E-state index contributed by atoms with van der Waals surface area (Å²) in [7, 11) is 0.569. The number of carbonyl (C=O) groups excluding carboxylic acids is 5. The van der Waals surface area contributed by atoms with E-state index >= 15 is 0 Å². The maximum absolute atomic E-state index is 14.5. The van der Waals surface area contributed by atoms with E-state index in [9.17, 15) is 47.0 Å². The van der Waals surface area contributed by atoms with Crippen molar-refractivity contribution in [3.63, 3.8) is 0 Å².